The lowest BCUT2D eigenvalue weighted by Gasteiger charge is -2.10. The van der Waals surface area contributed by atoms with Gasteiger partial charge in [-0.2, -0.15) is 13.2 Å². The highest BCUT2D eigenvalue weighted by Gasteiger charge is 2.34. The number of quaternary nitrogens is 1. The maximum absolute atomic E-state index is 12.7. The van der Waals surface area contributed by atoms with Gasteiger partial charge in [0, 0.05) is 6.20 Å². The first-order valence-corrected chi connectivity index (χ1v) is 10.4. The highest BCUT2D eigenvalue weighted by molar-refractivity contribution is 7.13. The van der Waals surface area contributed by atoms with Gasteiger partial charge in [-0.25, -0.2) is 9.97 Å². The van der Waals surface area contributed by atoms with Crippen LogP contribution in [0.1, 0.15) is 44.9 Å². The second-order valence-electron chi connectivity index (χ2n) is 6.60. The summed E-state index contributed by atoms with van der Waals surface area (Å²) in [5.74, 6) is -2.30. The molecule has 0 aliphatic carbocycles. The average Bonchev–Trinajstić information content (AvgIpc) is 3.26. The Morgan fingerprint density at radius 3 is 2.36 bits per heavy atom. The molecule has 176 valence electrons. The fraction of sp³-hybridized carbons (Fsp3) is 0.200. The normalized spacial score (nSPS) is 12.8. The zero-order chi connectivity index (χ0) is 24.8. The first-order valence-electron chi connectivity index (χ1n) is 9.17. The Kier molecular flexibility index (Phi) is 8.88. The van der Waals surface area contributed by atoms with Crippen molar-refractivity contribution in [2.45, 2.75) is 25.2 Å². The van der Waals surface area contributed by atoms with Crippen molar-refractivity contribution < 1.29 is 38.7 Å². The highest BCUT2D eigenvalue weighted by atomic mass is 35.5. The van der Waals surface area contributed by atoms with Crippen molar-refractivity contribution >= 4 is 40.6 Å². The molecule has 1 amide bonds. The number of carboxylic acids is 1. The summed E-state index contributed by atoms with van der Waals surface area (Å²) in [6.45, 7) is 1.82. The van der Waals surface area contributed by atoms with Crippen molar-refractivity contribution in [2.24, 2.45) is 0 Å². The molecule has 0 bridgehead atoms. The fourth-order valence-electron chi connectivity index (χ4n) is 2.29. The summed E-state index contributed by atoms with van der Waals surface area (Å²) in [5, 5.41) is 21.5. The third kappa shape index (κ3) is 7.49. The van der Waals surface area contributed by atoms with Gasteiger partial charge >= 0.3 is 6.18 Å². The number of aliphatic carboxylic acids is 1. The van der Waals surface area contributed by atoms with Gasteiger partial charge in [-0.3, -0.25) is 4.79 Å². The first kappa shape index (κ1) is 26.2. The Morgan fingerprint density at radius 1 is 1.21 bits per heavy atom. The van der Waals surface area contributed by atoms with E-state index in [0.717, 1.165) is 17.5 Å². The number of hydrogen-bond donors (Lipinski definition) is 3. The monoisotopic (exact) mass is 502 g/mol. The van der Waals surface area contributed by atoms with Crippen LogP contribution in [0.4, 0.5) is 19.0 Å². The molecule has 3 rings (SSSR count). The van der Waals surface area contributed by atoms with Crippen molar-refractivity contribution in [2.75, 3.05) is 5.32 Å². The van der Waals surface area contributed by atoms with Crippen LogP contribution in [0, 0.1) is 0 Å². The lowest BCUT2D eigenvalue weighted by Crippen LogP contribution is -2.51. The highest BCUT2D eigenvalue weighted by Crippen LogP contribution is 2.35. The van der Waals surface area contributed by atoms with Gasteiger partial charge in [0.1, 0.15) is 22.8 Å². The molecule has 0 spiro atoms. The van der Waals surface area contributed by atoms with Gasteiger partial charge in [0.2, 0.25) is 0 Å². The van der Waals surface area contributed by atoms with Crippen LogP contribution in [0.2, 0.25) is 5.02 Å². The zero-order valence-corrected chi connectivity index (χ0v) is 18.5. The summed E-state index contributed by atoms with van der Waals surface area (Å²) in [7, 11) is 0. The van der Waals surface area contributed by atoms with Crippen molar-refractivity contribution in [1.29, 1.82) is 0 Å². The first-order chi connectivity index (χ1) is 15.4. The van der Waals surface area contributed by atoms with E-state index in [-0.39, 0.29) is 16.7 Å². The molecule has 3 aromatic rings. The number of thiazole rings is 1. The number of benzene rings is 1. The van der Waals surface area contributed by atoms with E-state index in [9.17, 15) is 27.9 Å². The molecule has 33 heavy (non-hydrogen) atoms. The molecule has 0 saturated heterocycles. The van der Waals surface area contributed by atoms with Crippen LogP contribution >= 0.6 is 22.9 Å². The summed E-state index contributed by atoms with van der Waals surface area (Å²) >= 11 is 6.58. The van der Waals surface area contributed by atoms with E-state index in [0.29, 0.717) is 16.6 Å². The lowest BCUT2D eigenvalue weighted by molar-refractivity contribution is -0.420. The van der Waals surface area contributed by atoms with Gasteiger partial charge in [0.05, 0.1) is 22.8 Å². The number of rotatable bonds is 5. The number of amides is 1. The molecule has 1 aromatic carbocycles. The molecule has 0 aliphatic rings. The van der Waals surface area contributed by atoms with Crippen LogP contribution < -0.4 is 16.2 Å². The maximum atomic E-state index is 12.7. The predicted octanol–water partition coefficient (Wildman–Crippen LogP) is 2.24. The second kappa shape index (κ2) is 11.2. The van der Waals surface area contributed by atoms with E-state index in [1.807, 2.05) is 6.92 Å². The number of halogens is 4. The fourth-order valence-corrected chi connectivity index (χ4v) is 3.29. The summed E-state index contributed by atoms with van der Waals surface area (Å²) < 4.78 is 38.2. The SMILES string of the molecule is CC([NH3+])c1ncc(C(=O)Nc2cc(C(F)(F)F)c(Cl)cn2)s1.O=C([O-])[C@@H](O)c1ccccc1. The van der Waals surface area contributed by atoms with E-state index in [4.69, 9.17) is 16.7 Å². The van der Waals surface area contributed by atoms with Crippen molar-refractivity contribution in [3.63, 3.8) is 0 Å². The molecular weight excluding hydrogens is 485 g/mol. The minimum Gasteiger partial charge on any atom is -0.547 e. The predicted molar refractivity (Wildman–Crippen MR) is 112 cm³/mol. The number of pyridine rings is 1. The van der Waals surface area contributed by atoms with Crippen LogP contribution in [0.5, 0.6) is 0 Å². The number of hydrogen-bond acceptors (Lipinski definition) is 7. The molecule has 0 saturated carbocycles. The van der Waals surface area contributed by atoms with E-state index >= 15 is 0 Å². The Bertz CT molecular complexity index is 1110. The van der Waals surface area contributed by atoms with Crippen LogP contribution in [0.15, 0.2) is 48.8 Å². The van der Waals surface area contributed by atoms with E-state index in [2.05, 4.69) is 21.0 Å². The van der Waals surface area contributed by atoms with Crippen molar-refractivity contribution in [3.05, 3.63) is 74.8 Å². The second-order valence-corrected chi connectivity index (χ2v) is 8.07. The average molecular weight is 503 g/mol. The molecule has 2 aromatic heterocycles. The summed E-state index contributed by atoms with van der Waals surface area (Å²) in [6.07, 6.45) is -3.95. The lowest BCUT2D eigenvalue weighted by atomic mass is 10.1. The van der Waals surface area contributed by atoms with Gasteiger partial charge in [0.25, 0.3) is 5.91 Å². The molecule has 2 atom stereocenters. The van der Waals surface area contributed by atoms with Crippen LogP contribution in [-0.4, -0.2) is 27.0 Å². The number of carboxylic acid groups (broad SMARTS) is 1. The molecule has 8 nitrogen and oxygen atoms in total. The molecule has 0 fully saturated rings. The molecule has 1 unspecified atom stereocenters. The number of aromatic nitrogens is 2. The summed E-state index contributed by atoms with van der Waals surface area (Å²) in [5.41, 5.74) is 3.06. The standard InChI is InChI=1S/C12H10ClF3N4OS.C8H8O3/c1-5(17)11-19-4-8(22-11)10(21)20-9-2-6(12(14,15)16)7(13)3-18-9;9-7(8(10)11)6-4-2-1-3-5-6/h2-5H,17H2,1H3,(H,18,20,21);1-5,7,9H,(H,10,11)/t;7-/m.0/s1. The quantitative estimate of drug-likeness (QED) is 0.488. The molecule has 0 aliphatic heterocycles. The Labute approximate surface area is 194 Å². The van der Waals surface area contributed by atoms with Gasteiger partial charge < -0.3 is 26.1 Å². The Balaban J connectivity index is 0.000000294. The number of carbonyl (C=O) groups is 2. The molecule has 0 radical (unpaired) electrons. The zero-order valence-electron chi connectivity index (χ0n) is 17.0. The number of nitrogens with one attached hydrogen (secondary N) is 1. The molecule has 13 heteroatoms. The number of aliphatic hydroxyl groups excluding tert-OH is 1. The van der Waals surface area contributed by atoms with Crippen LogP contribution in [0.3, 0.4) is 0 Å². The molecule has 2 heterocycles. The minimum atomic E-state index is -4.62. The maximum Gasteiger partial charge on any atom is 0.418 e. The molecule has 5 N–H and O–H groups in total. The van der Waals surface area contributed by atoms with Gasteiger partial charge in [0.15, 0.2) is 5.01 Å². The number of alkyl halides is 3. The van der Waals surface area contributed by atoms with Crippen LogP contribution in [0.25, 0.3) is 0 Å². The number of anilines is 1. The van der Waals surface area contributed by atoms with Crippen LogP contribution in [-0.2, 0) is 11.0 Å². The largest absolute Gasteiger partial charge is 0.547 e. The molecular formula is C20H18ClF3N4O4S. The van der Waals surface area contributed by atoms with E-state index in [1.54, 1.807) is 18.2 Å². The summed E-state index contributed by atoms with van der Waals surface area (Å²) in [4.78, 5) is 30.1. The van der Waals surface area contributed by atoms with Gasteiger partial charge in [-0.15, -0.1) is 11.3 Å². The van der Waals surface area contributed by atoms with Gasteiger partial charge in [-0.05, 0) is 18.6 Å². The third-order valence-electron chi connectivity index (χ3n) is 3.91. The smallest absolute Gasteiger partial charge is 0.418 e. The van der Waals surface area contributed by atoms with E-state index < -0.39 is 34.7 Å². The Hall–Kier alpha value is -3.06. The minimum absolute atomic E-state index is 0.0861. The summed E-state index contributed by atoms with van der Waals surface area (Å²) in [6, 6.07) is 8.71. The number of nitrogens with zero attached hydrogens (tertiary/aromatic N) is 2. The number of carbonyl (C=O) groups excluding carboxylic acids is 2. The van der Waals surface area contributed by atoms with Gasteiger partial charge in [-0.1, -0.05) is 41.9 Å². The van der Waals surface area contributed by atoms with Crippen molar-refractivity contribution in [3.8, 4) is 0 Å². The van der Waals surface area contributed by atoms with Crippen molar-refractivity contribution in [1.82, 2.24) is 9.97 Å². The number of aliphatic hydroxyl groups is 1. The Morgan fingerprint density at radius 2 is 1.85 bits per heavy atom. The third-order valence-corrected chi connectivity index (χ3v) is 5.44. The van der Waals surface area contributed by atoms with E-state index in [1.165, 1.54) is 18.3 Å². The topological polar surface area (TPSA) is 143 Å².